The summed E-state index contributed by atoms with van der Waals surface area (Å²) in [4.78, 5) is 20.4. The number of thiazole rings is 1. The van der Waals surface area contributed by atoms with E-state index in [0.717, 1.165) is 51.1 Å². The third-order valence-electron chi connectivity index (χ3n) is 8.68. The lowest BCUT2D eigenvalue weighted by molar-refractivity contribution is 0.470. The molecule has 0 bridgehead atoms. The Balaban J connectivity index is 0.000000138. The van der Waals surface area contributed by atoms with E-state index in [9.17, 15) is 0 Å². The van der Waals surface area contributed by atoms with Gasteiger partial charge in [-0.3, -0.25) is 4.40 Å². The molecule has 0 saturated heterocycles. The van der Waals surface area contributed by atoms with Crippen LogP contribution in [-0.4, -0.2) is 54.1 Å². The van der Waals surface area contributed by atoms with Gasteiger partial charge in [0, 0.05) is 36.1 Å². The van der Waals surface area contributed by atoms with Crippen LogP contribution in [0, 0.1) is 13.8 Å². The van der Waals surface area contributed by atoms with Crippen molar-refractivity contribution in [1.29, 1.82) is 0 Å². The number of nitrogens with one attached hydrogen (secondary N) is 1. The highest BCUT2D eigenvalue weighted by atomic mass is 32.1. The average molecular weight is 826 g/mol. The highest BCUT2D eigenvalue weighted by molar-refractivity contribution is 7.18. The van der Waals surface area contributed by atoms with E-state index in [0.29, 0.717) is 29.6 Å². The van der Waals surface area contributed by atoms with E-state index < -0.39 is 0 Å². The summed E-state index contributed by atoms with van der Waals surface area (Å²) in [6.07, 6.45) is 10.4. The van der Waals surface area contributed by atoms with Crippen molar-refractivity contribution in [3.63, 3.8) is 0 Å². The van der Waals surface area contributed by atoms with Crippen LogP contribution < -0.4 is 0 Å². The van der Waals surface area contributed by atoms with E-state index in [4.69, 9.17) is 8.83 Å². The van der Waals surface area contributed by atoms with E-state index >= 15 is 0 Å². The number of imidazole rings is 2. The molecule has 10 rings (SSSR count). The lowest BCUT2D eigenvalue weighted by atomic mass is 10.2. The van der Waals surface area contributed by atoms with Crippen molar-refractivity contribution in [2.75, 3.05) is 0 Å². The van der Waals surface area contributed by atoms with Crippen molar-refractivity contribution < 1.29 is 8.83 Å². The first-order valence-electron chi connectivity index (χ1n) is 20.0. The van der Waals surface area contributed by atoms with E-state index in [1.54, 1.807) is 23.8 Å². The predicted molar refractivity (Wildman–Crippen MR) is 241 cm³/mol. The van der Waals surface area contributed by atoms with Gasteiger partial charge in [0.1, 0.15) is 23.7 Å². The van der Waals surface area contributed by atoms with Gasteiger partial charge in [-0.2, -0.15) is 0 Å². The third-order valence-corrected chi connectivity index (χ3v) is 10.0. The lowest BCUT2D eigenvalue weighted by Crippen LogP contribution is -1.88. The van der Waals surface area contributed by atoms with Gasteiger partial charge in [-0.05, 0) is 62.4 Å². The summed E-state index contributed by atoms with van der Waals surface area (Å²) in [5, 5.41) is 16.3. The lowest BCUT2D eigenvalue weighted by Gasteiger charge is -1.95. The summed E-state index contributed by atoms with van der Waals surface area (Å²) >= 11 is 1.79. The summed E-state index contributed by atoms with van der Waals surface area (Å²) < 4.78 is 15.1. The minimum absolute atomic E-state index is 0.345. The van der Waals surface area contributed by atoms with E-state index in [2.05, 4.69) is 95.6 Å². The number of benzene rings is 2. The van der Waals surface area contributed by atoms with Crippen LogP contribution >= 0.6 is 11.3 Å². The Kier molecular flexibility index (Phi) is 16.3. The monoisotopic (exact) mass is 825 g/mol. The molecule has 0 aliphatic heterocycles. The van der Waals surface area contributed by atoms with Gasteiger partial charge in [-0.15, -0.1) is 31.7 Å². The van der Waals surface area contributed by atoms with E-state index in [-0.39, 0.29) is 0 Å². The molecule has 0 unspecified atom stereocenters. The zero-order valence-electron chi connectivity index (χ0n) is 36.1. The molecule has 0 saturated carbocycles. The molecule has 8 heterocycles. The summed E-state index contributed by atoms with van der Waals surface area (Å²) in [5.41, 5.74) is 5.37. The summed E-state index contributed by atoms with van der Waals surface area (Å²) in [6.45, 7) is 20.7. The molecule has 0 spiro atoms. The molecule has 0 atom stereocenters. The largest absolute Gasteiger partial charge is 0.449 e. The van der Waals surface area contributed by atoms with Gasteiger partial charge in [0.25, 0.3) is 0 Å². The molecule has 10 aromatic rings. The number of hydrogen-bond donors (Lipinski definition) is 1. The first-order valence-corrected chi connectivity index (χ1v) is 20.8. The van der Waals surface area contributed by atoms with Gasteiger partial charge >= 0.3 is 0 Å². The third kappa shape index (κ3) is 12.7. The number of pyridine rings is 2. The second kappa shape index (κ2) is 22.0. The Morgan fingerprint density at radius 1 is 0.600 bits per heavy atom. The van der Waals surface area contributed by atoms with Gasteiger partial charge < -0.3 is 18.2 Å². The minimum atomic E-state index is 0.345. The quantitative estimate of drug-likeness (QED) is 0.181. The maximum atomic E-state index is 4.98. The van der Waals surface area contributed by atoms with Gasteiger partial charge in [0.15, 0.2) is 11.5 Å². The highest BCUT2D eigenvalue weighted by Crippen LogP contribution is 2.26. The second-order valence-corrected chi connectivity index (χ2v) is 16.0. The van der Waals surface area contributed by atoms with Crippen LogP contribution in [0.3, 0.4) is 0 Å². The summed E-state index contributed by atoms with van der Waals surface area (Å²) in [6, 6.07) is 28.3. The number of para-hydroxylation sites is 3. The first-order chi connectivity index (χ1) is 28.9. The maximum Gasteiger partial charge on any atom is 0.218 e. The Hall–Kier alpha value is -6.54. The zero-order valence-corrected chi connectivity index (χ0v) is 36.9. The molecule has 0 amide bonds. The Labute approximate surface area is 355 Å². The number of oxazole rings is 1. The maximum absolute atomic E-state index is 4.98. The molecule has 0 aliphatic rings. The fourth-order valence-corrected chi connectivity index (χ4v) is 6.34. The predicted octanol–water partition coefficient (Wildman–Crippen LogP) is 11.8. The minimum Gasteiger partial charge on any atom is -0.449 e. The molecule has 0 radical (unpaired) electrons. The SMILES string of the molecule is CC(C)c1nc2ccccc2[nH]1.CC(C)c1nc2ccccc2s1.CC(C)c1ncco1.CC(C)c1nnco1.Cc1ncc2ccccn12.Cc1nnc2ccccn12. The average Bonchev–Trinajstić information content (AvgIpc) is 4.11. The Bertz CT molecular complexity index is 2470. The van der Waals surface area contributed by atoms with Crippen molar-refractivity contribution in [3.05, 3.63) is 157 Å². The molecular weight excluding hydrogens is 771 g/mol. The van der Waals surface area contributed by atoms with Crippen molar-refractivity contribution in [1.82, 2.24) is 54.1 Å². The zero-order chi connectivity index (χ0) is 43.0. The van der Waals surface area contributed by atoms with Crippen molar-refractivity contribution in [2.24, 2.45) is 0 Å². The Morgan fingerprint density at radius 3 is 1.85 bits per heavy atom. The molecule has 8 aromatic heterocycles. The smallest absolute Gasteiger partial charge is 0.218 e. The molecule has 0 fully saturated rings. The highest BCUT2D eigenvalue weighted by Gasteiger charge is 2.06. The number of rotatable bonds is 4. The molecule has 13 nitrogen and oxygen atoms in total. The molecule has 0 aliphatic carbocycles. The number of nitrogens with zero attached hydrogens (tertiary/aromatic N) is 10. The van der Waals surface area contributed by atoms with Crippen LogP contribution in [0.25, 0.3) is 32.4 Å². The van der Waals surface area contributed by atoms with Gasteiger partial charge in [-0.25, -0.2) is 19.9 Å². The summed E-state index contributed by atoms with van der Waals surface area (Å²) in [5.74, 6) is 6.31. The van der Waals surface area contributed by atoms with E-state index in [1.807, 2.05) is 131 Å². The van der Waals surface area contributed by atoms with Crippen LogP contribution in [0.15, 0.2) is 131 Å². The first kappa shape index (κ1) is 44.6. The molecule has 312 valence electrons. The van der Waals surface area contributed by atoms with Crippen molar-refractivity contribution >= 4 is 43.8 Å². The molecule has 2 aromatic carbocycles. The number of fused-ring (bicyclic) bond motifs is 4. The number of aryl methyl sites for hydroxylation is 2. The van der Waals surface area contributed by atoms with Gasteiger partial charge in [-0.1, -0.05) is 91.8 Å². The summed E-state index contributed by atoms with van der Waals surface area (Å²) in [7, 11) is 0. The van der Waals surface area contributed by atoms with Crippen LogP contribution in [0.1, 0.15) is 113 Å². The van der Waals surface area contributed by atoms with Crippen molar-refractivity contribution in [3.8, 4) is 0 Å². The Morgan fingerprint density at radius 2 is 1.28 bits per heavy atom. The number of aromatic nitrogens is 11. The van der Waals surface area contributed by atoms with E-state index in [1.165, 1.54) is 16.1 Å². The number of H-pyrrole nitrogens is 1. The van der Waals surface area contributed by atoms with Crippen LogP contribution in [0.5, 0.6) is 0 Å². The normalized spacial score (nSPS) is 10.8. The molecule has 60 heavy (non-hydrogen) atoms. The molecule has 1 N–H and O–H groups in total. The standard InChI is InChI=1S/C10H12N2.C10H11NS.C8H8N2.C7H7N3.C6H9NO.C5H8N2O/c2*1-7(2)10-11-8-5-3-4-6-9(8)12-10;1-7-9-6-8-4-2-3-5-10(7)8;1-6-8-9-7-4-2-3-5-10(6)7;1-5(2)6-7-3-4-8-6;1-4(2)5-7-6-3-8-5/h3-7H,1-2H3,(H,11,12);3-7H,1-2H3;2-6H,1H3;2-5H,1H3;3-5H,1-2H3;3-4H,1-2H3. The van der Waals surface area contributed by atoms with Gasteiger partial charge in [0.2, 0.25) is 12.3 Å². The topological polar surface area (TPSA) is 154 Å². The van der Waals surface area contributed by atoms with Crippen molar-refractivity contribution in [2.45, 2.75) is 92.9 Å². The van der Waals surface area contributed by atoms with Crippen LogP contribution in [0.2, 0.25) is 0 Å². The fraction of sp³-hybridized carbons (Fsp3) is 0.304. The fourth-order valence-electron chi connectivity index (χ4n) is 5.37. The number of hydrogen-bond acceptors (Lipinski definition) is 11. The molecule has 14 heteroatoms. The van der Waals surface area contributed by atoms with Crippen LogP contribution in [0.4, 0.5) is 0 Å². The molecular formula is C46H55N11O2S. The van der Waals surface area contributed by atoms with Crippen LogP contribution in [-0.2, 0) is 0 Å². The van der Waals surface area contributed by atoms with Gasteiger partial charge in [0.05, 0.1) is 44.2 Å². The number of aromatic amines is 1. The second-order valence-electron chi connectivity index (χ2n) is 14.9.